The van der Waals surface area contributed by atoms with Crippen LogP contribution in [0.2, 0.25) is 5.02 Å². The zero-order chi connectivity index (χ0) is 26.5. The highest BCUT2D eigenvalue weighted by Crippen LogP contribution is 2.38. The topological polar surface area (TPSA) is 109 Å². The molecule has 0 unspecified atom stereocenters. The Labute approximate surface area is 209 Å². The van der Waals surface area contributed by atoms with Crippen molar-refractivity contribution in [2.45, 2.75) is 13.1 Å². The van der Waals surface area contributed by atoms with Crippen molar-refractivity contribution < 1.29 is 37.1 Å². The number of nitrogens with zero attached hydrogens (tertiary/aromatic N) is 3. The number of alkyl halides is 3. The number of rotatable bonds is 8. The Hall–Kier alpha value is -3.77. The second-order valence-electron chi connectivity index (χ2n) is 7.22. The van der Waals surface area contributed by atoms with Crippen molar-refractivity contribution in [3.05, 3.63) is 59.2 Å². The molecule has 2 N–H and O–H groups in total. The zero-order valence-electron chi connectivity index (χ0n) is 19.2. The standard InChI is InChI=1S/C23H22ClF3N4O5/c1-3-34-16-6-4-5-14(11-16)21(32)31(36-22(33)23(25,26)27)15-7-8-19(35-10-9-28)17(12-15)20-18(24)13-29-30(20)2/h4-8,11-13H,3,9-10,28H2,1-2H3. The molecule has 0 saturated heterocycles. The Morgan fingerprint density at radius 1 is 1.17 bits per heavy atom. The molecule has 13 heteroatoms. The number of halogens is 4. The number of amides is 1. The summed E-state index contributed by atoms with van der Waals surface area (Å²) in [7, 11) is 1.59. The van der Waals surface area contributed by atoms with Gasteiger partial charge in [-0.05, 0) is 43.3 Å². The number of hydrogen-bond acceptors (Lipinski definition) is 7. The summed E-state index contributed by atoms with van der Waals surface area (Å²) in [5.41, 5.74) is 5.85. The smallest absolute Gasteiger partial charge is 0.493 e. The maximum absolute atomic E-state index is 13.3. The Morgan fingerprint density at radius 3 is 2.53 bits per heavy atom. The first-order chi connectivity index (χ1) is 17.1. The number of benzene rings is 2. The maximum Gasteiger partial charge on any atom is 0.493 e. The van der Waals surface area contributed by atoms with Gasteiger partial charge in [-0.25, -0.2) is 4.79 Å². The third-order valence-electron chi connectivity index (χ3n) is 4.70. The van der Waals surface area contributed by atoms with E-state index in [2.05, 4.69) is 9.94 Å². The van der Waals surface area contributed by atoms with Crippen LogP contribution in [0.3, 0.4) is 0 Å². The molecule has 3 rings (SSSR count). The SMILES string of the molecule is CCOc1cccc(C(=O)N(OC(=O)C(F)(F)F)c2ccc(OCCN)c(-c3c(Cl)cnn3C)c2)c1. The molecule has 0 fully saturated rings. The molecular formula is C23H22ClF3N4O5. The van der Waals surface area contributed by atoms with Crippen LogP contribution in [0.25, 0.3) is 11.3 Å². The third-order valence-corrected chi connectivity index (χ3v) is 4.98. The number of aryl methyl sites for hydroxylation is 1. The van der Waals surface area contributed by atoms with E-state index >= 15 is 0 Å². The van der Waals surface area contributed by atoms with Gasteiger partial charge in [-0.2, -0.15) is 18.3 Å². The summed E-state index contributed by atoms with van der Waals surface area (Å²) in [6.07, 6.45) is -3.99. The summed E-state index contributed by atoms with van der Waals surface area (Å²) in [6, 6.07) is 9.65. The second-order valence-corrected chi connectivity index (χ2v) is 7.63. The molecule has 36 heavy (non-hydrogen) atoms. The summed E-state index contributed by atoms with van der Waals surface area (Å²) >= 11 is 6.28. The van der Waals surface area contributed by atoms with Gasteiger partial charge in [0, 0.05) is 24.7 Å². The van der Waals surface area contributed by atoms with Crippen molar-refractivity contribution >= 4 is 29.2 Å². The number of hydroxylamine groups is 1. The highest BCUT2D eigenvalue weighted by molar-refractivity contribution is 6.33. The fourth-order valence-corrected chi connectivity index (χ4v) is 3.45. The quantitative estimate of drug-likeness (QED) is 0.439. The van der Waals surface area contributed by atoms with Crippen LogP contribution in [-0.4, -0.2) is 47.6 Å². The van der Waals surface area contributed by atoms with Crippen LogP contribution >= 0.6 is 11.6 Å². The van der Waals surface area contributed by atoms with E-state index in [4.69, 9.17) is 26.8 Å². The summed E-state index contributed by atoms with van der Waals surface area (Å²) in [5.74, 6) is -3.06. The Morgan fingerprint density at radius 2 is 1.92 bits per heavy atom. The number of ether oxygens (including phenoxy) is 2. The van der Waals surface area contributed by atoms with Crippen molar-refractivity contribution in [2.24, 2.45) is 12.8 Å². The molecule has 0 aliphatic heterocycles. The summed E-state index contributed by atoms with van der Waals surface area (Å²) in [5, 5.41) is 4.52. The molecule has 9 nitrogen and oxygen atoms in total. The molecule has 192 valence electrons. The average Bonchev–Trinajstić information content (AvgIpc) is 3.18. The molecule has 0 spiro atoms. The Balaban J connectivity index is 2.14. The van der Waals surface area contributed by atoms with Crippen molar-refractivity contribution in [1.82, 2.24) is 9.78 Å². The monoisotopic (exact) mass is 526 g/mol. The van der Waals surface area contributed by atoms with E-state index in [-0.39, 0.29) is 45.8 Å². The molecule has 1 heterocycles. The van der Waals surface area contributed by atoms with Gasteiger partial charge in [0.1, 0.15) is 18.1 Å². The molecule has 1 aromatic heterocycles. The summed E-state index contributed by atoms with van der Waals surface area (Å²) in [4.78, 5) is 29.6. The van der Waals surface area contributed by atoms with Crippen LogP contribution in [0.15, 0.2) is 48.7 Å². The zero-order valence-corrected chi connectivity index (χ0v) is 20.0. The summed E-state index contributed by atoms with van der Waals surface area (Å²) < 4.78 is 51.6. The number of hydrogen-bond donors (Lipinski definition) is 1. The average molecular weight is 527 g/mol. The van der Waals surface area contributed by atoms with Crippen molar-refractivity contribution in [3.63, 3.8) is 0 Å². The van der Waals surface area contributed by atoms with Gasteiger partial charge in [-0.1, -0.05) is 17.7 Å². The predicted molar refractivity (Wildman–Crippen MR) is 125 cm³/mol. The molecule has 0 bridgehead atoms. The van der Waals surface area contributed by atoms with Crippen molar-refractivity contribution in [2.75, 3.05) is 24.8 Å². The second kappa shape index (κ2) is 11.3. The van der Waals surface area contributed by atoms with Crippen LogP contribution in [0.5, 0.6) is 11.5 Å². The highest BCUT2D eigenvalue weighted by atomic mass is 35.5. The first-order valence-corrected chi connectivity index (χ1v) is 11.0. The number of carbonyl (C=O) groups excluding carboxylic acids is 2. The minimum Gasteiger partial charge on any atom is -0.494 e. The number of anilines is 1. The lowest BCUT2D eigenvalue weighted by Gasteiger charge is -2.23. The van der Waals surface area contributed by atoms with E-state index in [0.29, 0.717) is 18.1 Å². The predicted octanol–water partition coefficient (Wildman–Crippen LogP) is 4.14. The van der Waals surface area contributed by atoms with Crippen LogP contribution in [0, 0.1) is 0 Å². The lowest BCUT2D eigenvalue weighted by atomic mass is 10.1. The van der Waals surface area contributed by atoms with E-state index in [1.807, 2.05) is 0 Å². The first-order valence-electron chi connectivity index (χ1n) is 10.6. The van der Waals surface area contributed by atoms with Gasteiger partial charge < -0.3 is 20.0 Å². The van der Waals surface area contributed by atoms with Gasteiger partial charge >= 0.3 is 12.1 Å². The van der Waals surface area contributed by atoms with Crippen molar-refractivity contribution in [1.29, 1.82) is 0 Å². The highest BCUT2D eigenvalue weighted by Gasteiger charge is 2.44. The normalized spacial score (nSPS) is 11.2. The van der Waals surface area contributed by atoms with Crippen LogP contribution in [0.1, 0.15) is 17.3 Å². The van der Waals surface area contributed by atoms with E-state index in [9.17, 15) is 22.8 Å². The van der Waals surface area contributed by atoms with Gasteiger partial charge in [0.05, 0.1) is 29.2 Å². The minimum atomic E-state index is -5.36. The largest absolute Gasteiger partial charge is 0.494 e. The number of carbonyl (C=O) groups is 2. The number of aromatic nitrogens is 2. The van der Waals surface area contributed by atoms with E-state index in [1.54, 1.807) is 20.0 Å². The van der Waals surface area contributed by atoms with Gasteiger partial charge in [-0.15, -0.1) is 5.06 Å². The lowest BCUT2D eigenvalue weighted by Crippen LogP contribution is -2.38. The van der Waals surface area contributed by atoms with Crippen LogP contribution in [0.4, 0.5) is 18.9 Å². The third kappa shape index (κ3) is 6.07. The molecule has 0 aliphatic carbocycles. The van der Waals surface area contributed by atoms with Crippen LogP contribution < -0.4 is 20.3 Å². The molecule has 2 aromatic carbocycles. The molecule has 0 saturated carbocycles. The van der Waals surface area contributed by atoms with E-state index in [0.717, 1.165) is 0 Å². The summed E-state index contributed by atoms with van der Waals surface area (Å²) in [6.45, 7) is 2.33. The minimum absolute atomic E-state index is 0.0838. The molecular weight excluding hydrogens is 505 g/mol. The van der Waals surface area contributed by atoms with Gasteiger partial charge in [0.15, 0.2) is 0 Å². The fraction of sp³-hybridized carbons (Fsp3) is 0.261. The first kappa shape index (κ1) is 26.8. The number of nitrogens with two attached hydrogens (primary N) is 1. The molecule has 1 amide bonds. The van der Waals surface area contributed by atoms with Crippen molar-refractivity contribution in [3.8, 4) is 22.8 Å². The molecule has 0 radical (unpaired) electrons. The van der Waals surface area contributed by atoms with E-state index in [1.165, 1.54) is 47.3 Å². The fourth-order valence-electron chi connectivity index (χ4n) is 3.19. The molecule has 0 aliphatic rings. The maximum atomic E-state index is 13.3. The lowest BCUT2D eigenvalue weighted by molar-refractivity contribution is -0.199. The Kier molecular flexibility index (Phi) is 8.43. The van der Waals surface area contributed by atoms with Gasteiger partial charge in [-0.3, -0.25) is 9.48 Å². The van der Waals surface area contributed by atoms with Gasteiger partial charge in [0.25, 0.3) is 5.91 Å². The van der Waals surface area contributed by atoms with E-state index < -0.39 is 18.1 Å². The molecule has 3 aromatic rings. The molecule has 0 atom stereocenters. The van der Waals surface area contributed by atoms with Crippen LogP contribution in [-0.2, 0) is 16.7 Å². The van der Waals surface area contributed by atoms with Gasteiger partial charge in [0.2, 0.25) is 0 Å². The Bertz CT molecular complexity index is 1230.